The van der Waals surface area contributed by atoms with Crippen molar-refractivity contribution in [1.82, 2.24) is 24.8 Å². The summed E-state index contributed by atoms with van der Waals surface area (Å²) in [5, 5.41) is 4.69. The Bertz CT molecular complexity index is 950. The summed E-state index contributed by atoms with van der Waals surface area (Å²) in [6.45, 7) is 9.48. The van der Waals surface area contributed by atoms with Gasteiger partial charge in [-0.2, -0.15) is 5.10 Å². The second-order valence-corrected chi connectivity index (χ2v) is 9.30. The molecule has 3 N–H and O–H groups in total. The molecule has 1 fully saturated rings. The molecule has 1 aromatic heterocycles. The van der Waals surface area contributed by atoms with Gasteiger partial charge in [0.2, 0.25) is 0 Å². The highest BCUT2D eigenvalue weighted by molar-refractivity contribution is 7.80. The zero-order chi connectivity index (χ0) is 24.2. The fourth-order valence-corrected chi connectivity index (χ4v) is 4.39. The quantitative estimate of drug-likeness (QED) is 0.262. The Morgan fingerprint density at radius 2 is 1.88 bits per heavy atom. The summed E-state index contributed by atoms with van der Waals surface area (Å²) < 4.78 is 2.19. The molecule has 1 saturated heterocycles. The van der Waals surface area contributed by atoms with Gasteiger partial charge in [-0.25, -0.2) is 4.98 Å². The molecule has 1 aliphatic rings. The molecule has 9 heteroatoms. The van der Waals surface area contributed by atoms with Gasteiger partial charge in [-0.15, -0.1) is 0 Å². The summed E-state index contributed by atoms with van der Waals surface area (Å²) in [5.74, 6) is 1.01. The minimum atomic E-state index is 0.124. The molecule has 34 heavy (non-hydrogen) atoms. The van der Waals surface area contributed by atoms with Gasteiger partial charge >= 0.3 is 0 Å². The molecule has 2 aromatic rings. The number of imidazole rings is 1. The summed E-state index contributed by atoms with van der Waals surface area (Å²) in [5.41, 5.74) is 10.1. The van der Waals surface area contributed by atoms with Gasteiger partial charge in [0.1, 0.15) is 11.5 Å². The molecule has 0 unspecified atom stereocenters. The van der Waals surface area contributed by atoms with Crippen LogP contribution in [0.25, 0.3) is 6.08 Å². The lowest BCUT2D eigenvalue weighted by Gasteiger charge is -2.34. The van der Waals surface area contributed by atoms with Gasteiger partial charge in [-0.3, -0.25) is 10.3 Å². The summed E-state index contributed by atoms with van der Waals surface area (Å²) >= 11 is 11.3. The van der Waals surface area contributed by atoms with Crippen LogP contribution in [0.15, 0.2) is 41.5 Å². The van der Waals surface area contributed by atoms with E-state index in [2.05, 4.69) is 73.2 Å². The first-order valence-electron chi connectivity index (χ1n) is 12.1. The first-order valence-corrected chi connectivity index (χ1v) is 12.8. The number of hydrazone groups is 1. The van der Waals surface area contributed by atoms with Crippen LogP contribution in [0.5, 0.6) is 0 Å². The molecule has 1 aromatic carbocycles. The monoisotopic (exact) mass is 501 g/mol. The summed E-state index contributed by atoms with van der Waals surface area (Å²) in [4.78, 5) is 9.65. The van der Waals surface area contributed by atoms with Gasteiger partial charge in [0.25, 0.3) is 0 Å². The lowest BCUT2D eigenvalue weighted by atomic mass is 10.2. The van der Waals surface area contributed by atoms with E-state index in [1.807, 2.05) is 6.07 Å². The predicted octanol–water partition coefficient (Wildman–Crippen LogP) is 3.77. The first kappa shape index (κ1) is 26.3. The van der Waals surface area contributed by atoms with Gasteiger partial charge in [0.15, 0.2) is 10.3 Å². The molecule has 0 bridgehead atoms. The van der Waals surface area contributed by atoms with Crippen molar-refractivity contribution in [2.45, 2.75) is 39.2 Å². The Hall–Kier alpha value is -2.26. The molecule has 0 atom stereocenters. The number of benzene rings is 1. The van der Waals surface area contributed by atoms with Gasteiger partial charge in [-0.1, -0.05) is 67.4 Å². The van der Waals surface area contributed by atoms with Crippen molar-refractivity contribution in [3.63, 3.8) is 0 Å². The molecule has 2 heterocycles. The largest absolute Gasteiger partial charge is 0.375 e. The molecule has 3 rings (SSSR count). The maximum absolute atomic E-state index is 6.43. The van der Waals surface area contributed by atoms with Crippen molar-refractivity contribution in [3.8, 4) is 0 Å². The molecule has 0 spiro atoms. The average Bonchev–Trinajstić information content (AvgIpc) is 3.13. The van der Waals surface area contributed by atoms with Gasteiger partial charge in [-0.05, 0) is 37.2 Å². The fraction of sp³-hybridized carbons (Fsp3) is 0.480. The van der Waals surface area contributed by atoms with E-state index in [9.17, 15) is 0 Å². The number of aromatic nitrogens is 2. The molecule has 0 saturated carbocycles. The Balaban J connectivity index is 1.47. The van der Waals surface area contributed by atoms with Gasteiger partial charge in [0, 0.05) is 45.7 Å². The van der Waals surface area contributed by atoms with Crippen LogP contribution >= 0.6 is 23.8 Å². The second-order valence-electron chi connectivity index (χ2n) is 8.50. The number of rotatable bonds is 12. The SMILES string of the molecule is CCCCc1nc(Cl)c(/C=N/NC(N)=S)n1CCCN1CCN(C/C=C/c2ccccc2)CC1. The van der Waals surface area contributed by atoms with E-state index >= 15 is 0 Å². The normalized spacial score (nSPS) is 15.5. The molecule has 0 amide bonds. The summed E-state index contributed by atoms with van der Waals surface area (Å²) in [6, 6.07) is 10.5. The number of hydrogen-bond acceptors (Lipinski definition) is 5. The van der Waals surface area contributed by atoms with E-state index < -0.39 is 0 Å². The van der Waals surface area contributed by atoms with Crippen LogP contribution in [-0.2, 0) is 13.0 Å². The van der Waals surface area contributed by atoms with E-state index in [4.69, 9.17) is 29.6 Å². The molecule has 0 radical (unpaired) electrons. The van der Waals surface area contributed by atoms with Crippen LogP contribution in [0.4, 0.5) is 0 Å². The average molecular weight is 502 g/mol. The topological polar surface area (TPSA) is 74.7 Å². The van der Waals surface area contributed by atoms with Crippen LogP contribution in [0.2, 0.25) is 5.15 Å². The number of unbranched alkanes of at least 4 members (excludes halogenated alkanes) is 1. The minimum Gasteiger partial charge on any atom is -0.375 e. The van der Waals surface area contributed by atoms with Crippen LogP contribution < -0.4 is 11.2 Å². The maximum atomic E-state index is 6.43. The molecule has 1 aliphatic heterocycles. The number of halogens is 1. The number of nitrogens with two attached hydrogens (primary N) is 1. The minimum absolute atomic E-state index is 0.124. The highest BCUT2D eigenvalue weighted by atomic mass is 35.5. The number of hydrogen-bond donors (Lipinski definition) is 2. The van der Waals surface area contributed by atoms with Crippen LogP contribution in [-0.4, -0.2) is 69.9 Å². The third-order valence-corrected chi connectivity index (χ3v) is 6.32. The van der Waals surface area contributed by atoms with E-state index in [1.54, 1.807) is 6.21 Å². The Labute approximate surface area is 213 Å². The van der Waals surface area contributed by atoms with Crippen LogP contribution in [0.3, 0.4) is 0 Å². The number of thiocarbonyl (C=S) groups is 1. The zero-order valence-electron chi connectivity index (χ0n) is 20.0. The van der Waals surface area contributed by atoms with E-state index in [-0.39, 0.29) is 5.11 Å². The number of aryl methyl sites for hydroxylation is 1. The maximum Gasteiger partial charge on any atom is 0.184 e. The lowest BCUT2D eigenvalue weighted by molar-refractivity contribution is 0.140. The van der Waals surface area contributed by atoms with Crippen molar-refractivity contribution in [3.05, 3.63) is 58.6 Å². The molecule has 184 valence electrons. The van der Waals surface area contributed by atoms with Gasteiger partial charge < -0.3 is 15.2 Å². The Morgan fingerprint density at radius 1 is 1.15 bits per heavy atom. The molecule has 0 aliphatic carbocycles. The lowest BCUT2D eigenvalue weighted by Crippen LogP contribution is -2.46. The highest BCUT2D eigenvalue weighted by Gasteiger charge is 2.17. The highest BCUT2D eigenvalue weighted by Crippen LogP contribution is 2.18. The molecule has 7 nitrogen and oxygen atoms in total. The summed E-state index contributed by atoms with van der Waals surface area (Å²) in [7, 11) is 0. The third kappa shape index (κ3) is 8.51. The zero-order valence-corrected chi connectivity index (χ0v) is 21.6. The van der Waals surface area contributed by atoms with Crippen molar-refractivity contribution < 1.29 is 0 Å². The van der Waals surface area contributed by atoms with Crippen molar-refractivity contribution in [1.29, 1.82) is 0 Å². The molecular weight excluding hydrogens is 466 g/mol. The van der Waals surface area contributed by atoms with E-state index in [0.717, 1.165) is 83.0 Å². The number of nitrogens with one attached hydrogen (secondary N) is 1. The smallest absolute Gasteiger partial charge is 0.184 e. The van der Waals surface area contributed by atoms with Crippen LogP contribution in [0.1, 0.15) is 43.3 Å². The number of nitrogens with zero attached hydrogens (tertiary/aromatic N) is 5. The first-order chi connectivity index (χ1) is 16.6. The Morgan fingerprint density at radius 3 is 2.59 bits per heavy atom. The third-order valence-electron chi connectivity index (χ3n) is 5.95. The second kappa shape index (κ2) is 14.2. The van der Waals surface area contributed by atoms with E-state index in [1.165, 1.54) is 5.56 Å². The van der Waals surface area contributed by atoms with Crippen molar-refractivity contribution in [2.24, 2.45) is 10.8 Å². The fourth-order valence-electron chi connectivity index (χ4n) is 4.09. The van der Waals surface area contributed by atoms with Gasteiger partial charge in [0.05, 0.1) is 6.21 Å². The predicted molar refractivity (Wildman–Crippen MR) is 146 cm³/mol. The number of piperazine rings is 1. The Kier molecular flexibility index (Phi) is 11.0. The van der Waals surface area contributed by atoms with E-state index in [0.29, 0.717) is 5.15 Å². The van der Waals surface area contributed by atoms with Crippen LogP contribution in [0, 0.1) is 0 Å². The molecular formula is C25H36ClN7S. The van der Waals surface area contributed by atoms with Crippen molar-refractivity contribution in [2.75, 3.05) is 39.3 Å². The standard InChI is InChI=1S/C25H36ClN7S/c1-2-3-12-23-29-24(26)22(20-28-30-25(27)34)33(23)15-8-14-32-18-16-31(17-19-32)13-7-11-21-9-5-4-6-10-21/h4-7,9-11,20H,2-3,8,12-19H2,1H3,(H3,27,30,34)/b11-7+,28-20+. The summed E-state index contributed by atoms with van der Waals surface area (Å²) in [6.07, 6.45) is 10.3. The van der Waals surface area contributed by atoms with Crippen molar-refractivity contribution >= 4 is 41.2 Å².